The molecule has 0 saturated heterocycles. The molecule has 0 unspecified atom stereocenters. The van der Waals surface area contributed by atoms with Crippen LogP contribution in [0.1, 0.15) is 21.6 Å². The van der Waals surface area contributed by atoms with Gasteiger partial charge in [0.25, 0.3) is 0 Å². The molecule has 0 bridgehead atoms. The Bertz CT molecular complexity index is 705. The second-order valence-corrected chi connectivity index (χ2v) is 4.34. The van der Waals surface area contributed by atoms with Crippen molar-refractivity contribution in [3.8, 4) is 6.07 Å². The van der Waals surface area contributed by atoms with Crippen LogP contribution in [0.4, 0.5) is 11.4 Å². The molecule has 0 amide bonds. The standard InChI is InChI=1S/C15H13N3O2/c1-10-7-14(12(9-17-10)15(19)20)18(2)13-6-4-3-5-11(13)8-16/h3-7,9H,1-2H3,(H,19,20). The maximum atomic E-state index is 11.3. The number of aromatic nitrogens is 1. The van der Waals surface area contributed by atoms with Gasteiger partial charge in [-0.1, -0.05) is 12.1 Å². The number of nitriles is 1. The van der Waals surface area contributed by atoms with Crippen LogP contribution in [0.15, 0.2) is 36.5 Å². The Morgan fingerprint density at radius 1 is 1.35 bits per heavy atom. The SMILES string of the molecule is Cc1cc(N(C)c2ccccc2C#N)c(C(=O)O)cn1. The van der Waals surface area contributed by atoms with Gasteiger partial charge in [0.2, 0.25) is 0 Å². The molecule has 2 rings (SSSR count). The van der Waals surface area contributed by atoms with Crippen molar-refractivity contribution in [2.45, 2.75) is 6.92 Å². The average molecular weight is 267 g/mol. The van der Waals surface area contributed by atoms with E-state index in [0.717, 1.165) is 0 Å². The average Bonchev–Trinajstić information content (AvgIpc) is 2.46. The number of hydrogen-bond acceptors (Lipinski definition) is 4. The van der Waals surface area contributed by atoms with E-state index in [1.54, 1.807) is 49.2 Å². The fraction of sp³-hybridized carbons (Fsp3) is 0.133. The molecule has 100 valence electrons. The third-order valence-electron chi connectivity index (χ3n) is 3.00. The van der Waals surface area contributed by atoms with Crippen LogP contribution < -0.4 is 4.90 Å². The van der Waals surface area contributed by atoms with Crippen molar-refractivity contribution in [1.82, 2.24) is 4.98 Å². The summed E-state index contributed by atoms with van der Waals surface area (Å²) in [6.45, 7) is 1.79. The second kappa shape index (κ2) is 5.41. The van der Waals surface area contributed by atoms with Gasteiger partial charge in [0.15, 0.2) is 0 Å². The van der Waals surface area contributed by atoms with Gasteiger partial charge in [-0.05, 0) is 25.1 Å². The highest BCUT2D eigenvalue weighted by atomic mass is 16.4. The summed E-state index contributed by atoms with van der Waals surface area (Å²) < 4.78 is 0. The van der Waals surface area contributed by atoms with Crippen LogP contribution in [0.2, 0.25) is 0 Å². The Labute approximate surface area is 116 Å². The number of rotatable bonds is 3. The minimum absolute atomic E-state index is 0.103. The highest BCUT2D eigenvalue weighted by Gasteiger charge is 2.17. The number of carbonyl (C=O) groups is 1. The molecule has 0 aliphatic carbocycles. The van der Waals surface area contributed by atoms with Crippen molar-refractivity contribution in [2.24, 2.45) is 0 Å². The molecular weight excluding hydrogens is 254 g/mol. The first-order valence-electron chi connectivity index (χ1n) is 5.97. The Kier molecular flexibility index (Phi) is 3.67. The predicted molar refractivity (Wildman–Crippen MR) is 75.2 cm³/mol. The van der Waals surface area contributed by atoms with Gasteiger partial charge in [-0.15, -0.1) is 0 Å². The molecule has 0 radical (unpaired) electrons. The normalized spacial score (nSPS) is 9.85. The van der Waals surface area contributed by atoms with E-state index in [1.807, 2.05) is 0 Å². The number of nitrogens with zero attached hydrogens (tertiary/aromatic N) is 3. The van der Waals surface area contributed by atoms with Crippen LogP contribution in [-0.2, 0) is 0 Å². The lowest BCUT2D eigenvalue weighted by atomic mass is 10.1. The fourth-order valence-electron chi connectivity index (χ4n) is 1.98. The maximum absolute atomic E-state index is 11.3. The van der Waals surface area contributed by atoms with E-state index >= 15 is 0 Å². The number of para-hydroxylation sites is 1. The van der Waals surface area contributed by atoms with E-state index in [0.29, 0.717) is 22.6 Å². The van der Waals surface area contributed by atoms with Gasteiger partial charge in [-0.3, -0.25) is 4.98 Å². The molecule has 1 aromatic carbocycles. The smallest absolute Gasteiger partial charge is 0.339 e. The van der Waals surface area contributed by atoms with Crippen molar-refractivity contribution in [2.75, 3.05) is 11.9 Å². The molecule has 1 N–H and O–H groups in total. The molecule has 0 aliphatic rings. The number of anilines is 2. The quantitative estimate of drug-likeness (QED) is 0.925. The number of pyridine rings is 1. The van der Waals surface area contributed by atoms with Crippen LogP contribution in [-0.4, -0.2) is 23.1 Å². The number of carboxylic acids is 1. The summed E-state index contributed by atoms with van der Waals surface area (Å²) in [5.74, 6) is -1.05. The third-order valence-corrected chi connectivity index (χ3v) is 3.00. The molecule has 0 atom stereocenters. The molecule has 2 aromatic rings. The lowest BCUT2D eigenvalue weighted by Gasteiger charge is -2.22. The minimum atomic E-state index is -1.05. The molecular formula is C15H13N3O2. The van der Waals surface area contributed by atoms with Crippen LogP contribution in [0.25, 0.3) is 0 Å². The molecule has 5 nitrogen and oxygen atoms in total. The van der Waals surface area contributed by atoms with Gasteiger partial charge in [0.05, 0.1) is 16.9 Å². The van der Waals surface area contributed by atoms with Gasteiger partial charge in [-0.25, -0.2) is 4.79 Å². The molecule has 0 aliphatic heterocycles. The van der Waals surface area contributed by atoms with E-state index in [4.69, 9.17) is 5.26 Å². The fourth-order valence-corrected chi connectivity index (χ4v) is 1.98. The molecule has 1 heterocycles. The molecule has 5 heteroatoms. The molecule has 20 heavy (non-hydrogen) atoms. The molecule has 0 spiro atoms. The molecule has 0 fully saturated rings. The van der Waals surface area contributed by atoms with E-state index in [1.165, 1.54) is 6.20 Å². The van der Waals surface area contributed by atoms with Crippen LogP contribution in [0.3, 0.4) is 0 Å². The Morgan fingerprint density at radius 3 is 2.70 bits per heavy atom. The lowest BCUT2D eigenvalue weighted by molar-refractivity contribution is 0.0697. The van der Waals surface area contributed by atoms with Gasteiger partial charge < -0.3 is 10.0 Å². The van der Waals surface area contributed by atoms with Crippen molar-refractivity contribution < 1.29 is 9.90 Å². The van der Waals surface area contributed by atoms with Gasteiger partial charge in [0, 0.05) is 18.9 Å². The number of carboxylic acid groups (broad SMARTS) is 1. The summed E-state index contributed by atoms with van der Waals surface area (Å²) in [7, 11) is 1.73. The monoisotopic (exact) mass is 267 g/mol. The summed E-state index contributed by atoms with van der Waals surface area (Å²) in [5, 5.41) is 18.4. The Morgan fingerprint density at radius 2 is 2.05 bits per heavy atom. The largest absolute Gasteiger partial charge is 0.478 e. The lowest BCUT2D eigenvalue weighted by Crippen LogP contribution is -2.16. The maximum Gasteiger partial charge on any atom is 0.339 e. The van der Waals surface area contributed by atoms with E-state index < -0.39 is 5.97 Å². The summed E-state index contributed by atoms with van der Waals surface area (Å²) >= 11 is 0. The van der Waals surface area contributed by atoms with E-state index in [2.05, 4.69) is 11.1 Å². The molecule has 1 aromatic heterocycles. The van der Waals surface area contributed by atoms with Crippen molar-refractivity contribution in [3.63, 3.8) is 0 Å². The topological polar surface area (TPSA) is 77.2 Å². The number of benzene rings is 1. The Balaban J connectivity index is 2.59. The Hall–Kier alpha value is -2.87. The zero-order valence-corrected chi connectivity index (χ0v) is 11.2. The predicted octanol–water partition coefficient (Wildman–Crippen LogP) is 2.73. The zero-order valence-electron chi connectivity index (χ0n) is 11.2. The minimum Gasteiger partial charge on any atom is -0.478 e. The number of hydrogen-bond donors (Lipinski definition) is 1. The van der Waals surface area contributed by atoms with Crippen molar-refractivity contribution in [3.05, 3.63) is 53.3 Å². The number of aryl methyl sites for hydroxylation is 1. The number of aromatic carboxylic acids is 1. The van der Waals surface area contributed by atoms with Gasteiger partial charge in [0.1, 0.15) is 11.6 Å². The first kappa shape index (κ1) is 13.6. The first-order valence-corrected chi connectivity index (χ1v) is 5.97. The zero-order chi connectivity index (χ0) is 14.7. The van der Waals surface area contributed by atoms with Crippen LogP contribution in [0, 0.1) is 18.3 Å². The molecule has 0 saturated carbocycles. The van der Waals surface area contributed by atoms with Crippen molar-refractivity contribution >= 4 is 17.3 Å². The van der Waals surface area contributed by atoms with Crippen LogP contribution in [0.5, 0.6) is 0 Å². The summed E-state index contributed by atoms with van der Waals surface area (Å²) in [4.78, 5) is 17.0. The van der Waals surface area contributed by atoms with Gasteiger partial charge >= 0.3 is 5.97 Å². The highest BCUT2D eigenvalue weighted by Crippen LogP contribution is 2.29. The van der Waals surface area contributed by atoms with E-state index in [-0.39, 0.29) is 5.56 Å². The summed E-state index contributed by atoms with van der Waals surface area (Å²) in [6.07, 6.45) is 1.33. The second-order valence-electron chi connectivity index (χ2n) is 4.34. The first-order chi connectivity index (χ1) is 9.54. The van der Waals surface area contributed by atoms with Crippen molar-refractivity contribution in [1.29, 1.82) is 5.26 Å². The third kappa shape index (κ3) is 2.45. The van der Waals surface area contributed by atoms with Gasteiger partial charge in [-0.2, -0.15) is 5.26 Å². The summed E-state index contributed by atoms with van der Waals surface area (Å²) in [5.41, 5.74) is 2.47. The highest BCUT2D eigenvalue weighted by molar-refractivity contribution is 5.95. The van der Waals surface area contributed by atoms with Crippen LogP contribution >= 0.6 is 0 Å². The summed E-state index contributed by atoms with van der Waals surface area (Å²) in [6, 6.07) is 10.8. The van der Waals surface area contributed by atoms with E-state index in [9.17, 15) is 9.90 Å².